The van der Waals surface area contributed by atoms with Crippen molar-refractivity contribution in [1.29, 1.82) is 0 Å². The first-order valence-electron chi connectivity index (χ1n) is 8.17. The highest BCUT2D eigenvalue weighted by molar-refractivity contribution is 6.23. The van der Waals surface area contributed by atoms with Gasteiger partial charge in [-0.15, -0.1) is 0 Å². The van der Waals surface area contributed by atoms with Crippen molar-refractivity contribution >= 4 is 17.5 Å². The number of carbonyl (C=O) groups excluding carboxylic acids is 2. The first-order chi connectivity index (χ1) is 10.5. The van der Waals surface area contributed by atoms with E-state index >= 15 is 0 Å². The zero-order valence-corrected chi connectivity index (χ0v) is 12.9. The number of fused-ring (bicyclic) bond motifs is 3. The lowest BCUT2D eigenvalue weighted by Gasteiger charge is -2.22. The Morgan fingerprint density at radius 2 is 1.41 bits per heavy atom. The normalized spacial score (nSPS) is 36.5. The molecule has 1 saturated heterocycles. The van der Waals surface area contributed by atoms with Gasteiger partial charge in [0.2, 0.25) is 11.8 Å². The summed E-state index contributed by atoms with van der Waals surface area (Å²) in [6.07, 6.45) is 6.81. The topological polar surface area (TPSA) is 37.4 Å². The van der Waals surface area contributed by atoms with E-state index in [1.807, 2.05) is 26.0 Å². The number of allylic oxidation sites excluding steroid dienone is 2. The van der Waals surface area contributed by atoms with Gasteiger partial charge in [-0.05, 0) is 67.2 Å². The van der Waals surface area contributed by atoms with Crippen molar-refractivity contribution in [2.45, 2.75) is 26.7 Å². The van der Waals surface area contributed by atoms with Crippen LogP contribution in [0.2, 0.25) is 0 Å². The Kier molecular flexibility index (Phi) is 2.13. The number of benzene rings is 1. The molecule has 0 N–H and O–H groups in total. The van der Waals surface area contributed by atoms with Crippen LogP contribution in [0.15, 0.2) is 30.4 Å². The van der Waals surface area contributed by atoms with E-state index in [0.717, 1.165) is 16.8 Å². The largest absolute Gasteiger partial charge is 0.274 e. The molecule has 3 nitrogen and oxygen atoms in total. The van der Waals surface area contributed by atoms with Gasteiger partial charge in [0.1, 0.15) is 0 Å². The molecule has 4 unspecified atom stereocenters. The van der Waals surface area contributed by atoms with Gasteiger partial charge in [0.25, 0.3) is 0 Å². The lowest BCUT2D eigenvalue weighted by atomic mass is 9.85. The quantitative estimate of drug-likeness (QED) is 0.589. The van der Waals surface area contributed by atoms with Gasteiger partial charge in [-0.2, -0.15) is 0 Å². The molecule has 3 fully saturated rings. The van der Waals surface area contributed by atoms with Crippen molar-refractivity contribution in [1.82, 2.24) is 0 Å². The summed E-state index contributed by atoms with van der Waals surface area (Å²) in [4.78, 5) is 27.5. The summed E-state index contributed by atoms with van der Waals surface area (Å²) >= 11 is 0. The van der Waals surface area contributed by atoms with Crippen LogP contribution in [-0.4, -0.2) is 11.8 Å². The van der Waals surface area contributed by atoms with Gasteiger partial charge in [-0.25, -0.2) is 4.90 Å². The van der Waals surface area contributed by atoms with Crippen molar-refractivity contribution in [3.63, 3.8) is 0 Å². The molecule has 5 rings (SSSR count). The zero-order chi connectivity index (χ0) is 15.2. The Bertz CT molecular complexity index is 704. The lowest BCUT2D eigenvalue weighted by Crippen LogP contribution is -2.34. The number of amides is 2. The maximum Gasteiger partial charge on any atom is 0.238 e. The van der Waals surface area contributed by atoms with Crippen LogP contribution in [0, 0.1) is 42.9 Å². The Morgan fingerprint density at radius 3 is 1.86 bits per heavy atom. The van der Waals surface area contributed by atoms with Gasteiger partial charge in [0.05, 0.1) is 17.5 Å². The molecule has 1 aromatic rings. The maximum absolute atomic E-state index is 13.0. The molecule has 4 aliphatic rings. The minimum atomic E-state index is -0.106. The Hall–Kier alpha value is -1.90. The molecule has 1 aliphatic heterocycles. The minimum absolute atomic E-state index is 0.0307. The van der Waals surface area contributed by atoms with Gasteiger partial charge in [0.15, 0.2) is 0 Å². The molecule has 22 heavy (non-hydrogen) atoms. The van der Waals surface area contributed by atoms with Crippen LogP contribution in [0.1, 0.15) is 24.0 Å². The van der Waals surface area contributed by atoms with Crippen LogP contribution in [0.3, 0.4) is 0 Å². The van der Waals surface area contributed by atoms with E-state index < -0.39 is 0 Å². The van der Waals surface area contributed by atoms with E-state index in [-0.39, 0.29) is 29.1 Å². The minimum Gasteiger partial charge on any atom is -0.274 e. The predicted octanol–water partition coefficient (Wildman–Crippen LogP) is 3.01. The fourth-order valence-corrected chi connectivity index (χ4v) is 5.41. The monoisotopic (exact) mass is 293 g/mol. The molecule has 2 amide bonds. The van der Waals surface area contributed by atoms with Crippen LogP contribution in [0.25, 0.3) is 0 Å². The Morgan fingerprint density at radius 1 is 0.909 bits per heavy atom. The Balaban J connectivity index is 1.59. The van der Waals surface area contributed by atoms with Crippen LogP contribution in [0.4, 0.5) is 5.69 Å². The van der Waals surface area contributed by atoms with Crippen molar-refractivity contribution in [3.8, 4) is 0 Å². The molecule has 4 atom stereocenters. The molecular weight excluding hydrogens is 274 g/mol. The van der Waals surface area contributed by atoms with Crippen LogP contribution < -0.4 is 4.90 Å². The van der Waals surface area contributed by atoms with Crippen molar-refractivity contribution in [2.75, 3.05) is 4.90 Å². The summed E-state index contributed by atoms with van der Waals surface area (Å²) < 4.78 is 0. The fourth-order valence-electron chi connectivity index (χ4n) is 5.41. The SMILES string of the molecule is Cc1cc(C)cc(N2C(=O)C3C(C2=O)C2C=CC3C23CC3)c1. The summed E-state index contributed by atoms with van der Waals surface area (Å²) in [6.45, 7) is 4.01. The highest BCUT2D eigenvalue weighted by Gasteiger charge is 2.73. The van der Waals surface area contributed by atoms with Crippen molar-refractivity contribution < 1.29 is 9.59 Å². The summed E-state index contributed by atoms with van der Waals surface area (Å²) in [6, 6.07) is 5.97. The average molecular weight is 293 g/mol. The van der Waals surface area contributed by atoms with E-state index in [4.69, 9.17) is 0 Å². The molecule has 3 heteroatoms. The second-order valence-corrected chi connectivity index (χ2v) is 7.58. The molecule has 0 aromatic heterocycles. The number of anilines is 1. The molecule has 2 saturated carbocycles. The number of nitrogens with zero attached hydrogens (tertiary/aromatic N) is 1. The van der Waals surface area contributed by atoms with Gasteiger partial charge >= 0.3 is 0 Å². The van der Waals surface area contributed by atoms with E-state index in [2.05, 4.69) is 18.2 Å². The van der Waals surface area contributed by atoms with E-state index in [0.29, 0.717) is 11.8 Å². The van der Waals surface area contributed by atoms with E-state index in [1.54, 1.807) is 0 Å². The first-order valence-corrected chi connectivity index (χ1v) is 8.17. The third kappa shape index (κ3) is 1.29. The predicted molar refractivity (Wildman–Crippen MR) is 83.2 cm³/mol. The highest BCUT2D eigenvalue weighted by Crippen LogP contribution is 2.73. The van der Waals surface area contributed by atoms with Gasteiger partial charge < -0.3 is 0 Å². The summed E-state index contributed by atoms with van der Waals surface area (Å²) in [5.41, 5.74) is 3.21. The lowest BCUT2D eigenvalue weighted by molar-refractivity contribution is -0.123. The van der Waals surface area contributed by atoms with Crippen molar-refractivity contribution in [3.05, 3.63) is 41.5 Å². The van der Waals surface area contributed by atoms with Crippen LogP contribution in [0.5, 0.6) is 0 Å². The fraction of sp³-hybridized carbons (Fsp3) is 0.474. The van der Waals surface area contributed by atoms with Gasteiger partial charge in [0, 0.05) is 0 Å². The van der Waals surface area contributed by atoms with E-state index in [1.165, 1.54) is 17.7 Å². The number of carbonyl (C=O) groups is 2. The molecule has 1 heterocycles. The number of hydrogen-bond donors (Lipinski definition) is 0. The maximum atomic E-state index is 13.0. The summed E-state index contributed by atoms with van der Waals surface area (Å²) in [5.74, 6) is 0.451. The standard InChI is InChI=1S/C19H19NO2/c1-10-7-11(2)9-12(8-10)20-17(21)15-13-3-4-14(16(15)18(20)22)19(13)5-6-19/h3-4,7-9,13-16H,5-6H2,1-2H3. The van der Waals surface area contributed by atoms with Gasteiger partial charge in [-0.3, -0.25) is 9.59 Å². The number of hydrogen-bond acceptors (Lipinski definition) is 2. The average Bonchev–Trinajstić information content (AvgIpc) is 3.04. The third-order valence-electron chi connectivity index (χ3n) is 6.32. The summed E-state index contributed by atoms with van der Waals surface area (Å²) in [5, 5.41) is 0. The number of aryl methyl sites for hydroxylation is 2. The first kappa shape index (κ1) is 12.6. The summed E-state index contributed by atoms with van der Waals surface area (Å²) in [7, 11) is 0. The Labute approximate surface area is 130 Å². The molecular formula is C19H19NO2. The molecule has 0 radical (unpaired) electrons. The van der Waals surface area contributed by atoms with E-state index in [9.17, 15) is 9.59 Å². The third-order valence-corrected chi connectivity index (χ3v) is 6.32. The molecule has 1 spiro atoms. The van der Waals surface area contributed by atoms with Crippen molar-refractivity contribution in [2.24, 2.45) is 29.1 Å². The number of rotatable bonds is 1. The van der Waals surface area contributed by atoms with Gasteiger partial charge in [-0.1, -0.05) is 18.2 Å². The second kappa shape index (κ2) is 3.70. The molecule has 1 aromatic carbocycles. The van der Waals surface area contributed by atoms with Crippen LogP contribution >= 0.6 is 0 Å². The molecule has 112 valence electrons. The van der Waals surface area contributed by atoms with Crippen LogP contribution in [-0.2, 0) is 9.59 Å². The number of imide groups is 1. The molecule has 3 aliphatic carbocycles. The second-order valence-electron chi connectivity index (χ2n) is 7.58. The molecule has 2 bridgehead atoms. The zero-order valence-electron chi connectivity index (χ0n) is 12.9. The highest BCUT2D eigenvalue weighted by atomic mass is 16.2. The smallest absolute Gasteiger partial charge is 0.238 e.